The smallest absolute Gasteiger partial charge is 0.328 e. The Morgan fingerprint density at radius 1 is 1.29 bits per heavy atom. The summed E-state index contributed by atoms with van der Waals surface area (Å²) in [5.41, 5.74) is 6.27. The van der Waals surface area contributed by atoms with E-state index in [4.69, 9.17) is 5.73 Å². The molecule has 1 saturated heterocycles. The molecule has 2 atom stereocenters. The van der Waals surface area contributed by atoms with Gasteiger partial charge in [0, 0.05) is 19.1 Å². The van der Waals surface area contributed by atoms with Gasteiger partial charge in [-0.2, -0.15) is 13.2 Å². The van der Waals surface area contributed by atoms with Crippen molar-refractivity contribution in [1.82, 2.24) is 4.90 Å². The predicted octanol–water partition coefficient (Wildman–Crippen LogP) is 3.69. The molecule has 0 bridgehead atoms. The minimum Gasteiger partial charge on any atom is -0.328 e. The van der Waals surface area contributed by atoms with E-state index in [2.05, 4.69) is 4.90 Å². The van der Waals surface area contributed by atoms with E-state index >= 15 is 0 Å². The van der Waals surface area contributed by atoms with Crippen LogP contribution in [0.15, 0.2) is 24.3 Å². The Bertz CT molecular complexity index is 432. The Morgan fingerprint density at radius 2 is 1.90 bits per heavy atom. The number of piperidine rings is 1. The van der Waals surface area contributed by atoms with Gasteiger partial charge in [-0.15, -0.1) is 12.4 Å². The Morgan fingerprint density at radius 3 is 2.43 bits per heavy atom. The summed E-state index contributed by atoms with van der Waals surface area (Å²) in [5.74, 6) is 0.484. The monoisotopic (exact) mass is 322 g/mol. The van der Waals surface area contributed by atoms with Crippen molar-refractivity contribution in [2.45, 2.75) is 38.5 Å². The van der Waals surface area contributed by atoms with Crippen LogP contribution in [0.3, 0.4) is 0 Å². The fourth-order valence-electron chi connectivity index (χ4n) is 2.72. The molecule has 0 aromatic heterocycles. The van der Waals surface area contributed by atoms with Crippen molar-refractivity contribution in [1.29, 1.82) is 0 Å². The van der Waals surface area contributed by atoms with Crippen molar-refractivity contribution in [3.05, 3.63) is 35.4 Å². The van der Waals surface area contributed by atoms with Gasteiger partial charge >= 0.3 is 6.18 Å². The molecule has 1 aliphatic heterocycles. The Balaban J connectivity index is 0.00000220. The van der Waals surface area contributed by atoms with Crippen LogP contribution in [-0.2, 0) is 12.7 Å². The first kappa shape index (κ1) is 18.3. The van der Waals surface area contributed by atoms with Gasteiger partial charge in [0.2, 0.25) is 0 Å². The predicted molar refractivity (Wildman–Crippen MR) is 80.3 cm³/mol. The van der Waals surface area contributed by atoms with E-state index in [1.807, 2.05) is 6.92 Å². The van der Waals surface area contributed by atoms with Crippen molar-refractivity contribution in [2.75, 3.05) is 13.1 Å². The lowest BCUT2D eigenvalue weighted by Gasteiger charge is -2.34. The number of hydrogen-bond donors (Lipinski definition) is 1. The largest absolute Gasteiger partial charge is 0.416 e. The normalized spacial score (nSPS) is 21.7. The second-order valence-corrected chi connectivity index (χ2v) is 5.69. The highest BCUT2D eigenvalue weighted by Gasteiger charge is 2.30. The van der Waals surface area contributed by atoms with Gasteiger partial charge in [0.25, 0.3) is 0 Å². The summed E-state index contributed by atoms with van der Waals surface area (Å²) in [4.78, 5) is 2.28. The highest BCUT2D eigenvalue weighted by molar-refractivity contribution is 5.85. The van der Waals surface area contributed by atoms with Gasteiger partial charge in [-0.3, -0.25) is 4.90 Å². The Labute approximate surface area is 129 Å². The van der Waals surface area contributed by atoms with Crippen LogP contribution in [0.25, 0.3) is 0 Å². The lowest BCUT2D eigenvalue weighted by Crippen LogP contribution is -2.41. The van der Waals surface area contributed by atoms with E-state index < -0.39 is 11.7 Å². The molecule has 2 N–H and O–H groups in total. The number of benzene rings is 1. The molecular weight excluding hydrogens is 301 g/mol. The molecule has 0 saturated carbocycles. The third kappa shape index (κ3) is 5.16. The minimum atomic E-state index is -4.26. The van der Waals surface area contributed by atoms with Crippen molar-refractivity contribution in [3.8, 4) is 0 Å². The summed E-state index contributed by atoms with van der Waals surface area (Å²) < 4.78 is 37.5. The molecule has 0 amide bonds. The van der Waals surface area contributed by atoms with Crippen molar-refractivity contribution in [2.24, 2.45) is 11.7 Å². The average molecular weight is 323 g/mol. The summed E-state index contributed by atoms with van der Waals surface area (Å²) in [6, 6.07) is 5.62. The molecule has 0 spiro atoms. The molecular formula is C15H22ClF3N2. The summed E-state index contributed by atoms with van der Waals surface area (Å²) >= 11 is 0. The number of alkyl halides is 3. The van der Waals surface area contributed by atoms with Gasteiger partial charge < -0.3 is 5.73 Å². The molecule has 120 valence electrons. The lowest BCUT2D eigenvalue weighted by molar-refractivity contribution is -0.137. The van der Waals surface area contributed by atoms with E-state index in [1.165, 1.54) is 0 Å². The summed E-state index contributed by atoms with van der Waals surface area (Å²) in [5, 5.41) is 0. The number of rotatable bonds is 3. The summed E-state index contributed by atoms with van der Waals surface area (Å²) in [6.45, 7) is 4.64. The van der Waals surface area contributed by atoms with Crippen LogP contribution in [0.2, 0.25) is 0 Å². The number of nitrogens with two attached hydrogens (primary N) is 1. The van der Waals surface area contributed by atoms with Gasteiger partial charge in [0.1, 0.15) is 0 Å². The Kier molecular flexibility index (Phi) is 6.50. The molecule has 6 heteroatoms. The van der Waals surface area contributed by atoms with Crippen LogP contribution >= 0.6 is 12.4 Å². The highest BCUT2D eigenvalue weighted by Crippen LogP contribution is 2.29. The molecule has 2 unspecified atom stereocenters. The Hall–Kier alpha value is -0.780. The van der Waals surface area contributed by atoms with Crippen LogP contribution < -0.4 is 5.73 Å². The maximum atomic E-state index is 12.5. The first-order valence-corrected chi connectivity index (χ1v) is 7.00. The quantitative estimate of drug-likeness (QED) is 0.919. The van der Waals surface area contributed by atoms with Crippen LogP contribution in [0, 0.1) is 5.92 Å². The third-order valence-corrected chi connectivity index (χ3v) is 3.97. The van der Waals surface area contributed by atoms with Crippen LogP contribution in [0.4, 0.5) is 13.2 Å². The van der Waals surface area contributed by atoms with E-state index in [0.29, 0.717) is 12.5 Å². The number of halogens is 4. The summed E-state index contributed by atoms with van der Waals surface area (Å²) in [6.07, 6.45) is -2.02. The zero-order valence-electron chi connectivity index (χ0n) is 12.1. The van der Waals surface area contributed by atoms with E-state index in [9.17, 15) is 13.2 Å². The number of hydrogen-bond acceptors (Lipinski definition) is 2. The molecule has 21 heavy (non-hydrogen) atoms. The molecule has 1 aromatic rings. The van der Waals surface area contributed by atoms with E-state index in [-0.39, 0.29) is 18.4 Å². The minimum absolute atomic E-state index is 0. The van der Waals surface area contributed by atoms with Gasteiger partial charge in [-0.25, -0.2) is 0 Å². The fourth-order valence-corrected chi connectivity index (χ4v) is 2.72. The van der Waals surface area contributed by atoms with Gasteiger partial charge in [-0.1, -0.05) is 12.1 Å². The van der Waals surface area contributed by atoms with Gasteiger partial charge in [-0.05, 0) is 49.9 Å². The third-order valence-electron chi connectivity index (χ3n) is 3.97. The molecule has 1 aliphatic rings. The van der Waals surface area contributed by atoms with Gasteiger partial charge in [0.05, 0.1) is 5.56 Å². The molecule has 0 aliphatic carbocycles. The average Bonchev–Trinajstić information content (AvgIpc) is 2.38. The summed E-state index contributed by atoms with van der Waals surface area (Å²) in [7, 11) is 0. The molecule has 2 nitrogen and oxygen atoms in total. The van der Waals surface area contributed by atoms with Gasteiger partial charge in [0.15, 0.2) is 0 Å². The first-order valence-electron chi connectivity index (χ1n) is 7.00. The molecule has 1 heterocycles. The second kappa shape index (κ2) is 7.47. The van der Waals surface area contributed by atoms with Crippen molar-refractivity contribution >= 4 is 12.4 Å². The zero-order chi connectivity index (χ0) is 14.8. The van der Waals surface area contributed by atoms with Crippen molar-refractivity contribution < 1.29 is 13.2 Å². The second-order valence-electron chi connectivity index (χ2n) is 5.69. The first-order chi connectivity index (χ1) is 9.36. The van der Waals surface area contributed by atoms with Crippen LogP contribution in [-0.4, -0.2) is 24.0 Å². The SMILES string of the molecule is CC(N)C1CCCN(Cc2ccc(C(F)(F)F)cc2)C1.Cl. The van der Waals surface area contributed by atoms with E-state index in [0.717, 1.165) is 43.6 Å². The number of likely N-dealkylation sites (tertiary alicyclic amines) is 1. The number of nitrogens with zero attached hydrogens (tertiary/aromatic N) is 1. The molecule has 0 radical (unpaired) electrons. The lowest BCUT2D eigenvalue weighted by atomic mass is 9.92. The van der Waals surface area contributed by atoms with E-state index in [1.54, 1.807) is 12.1 Å². The molecule has 2 rings (SSSR count). The molecule has 1 fully saturated rings. The fraction of sp³-hybridized carbons (Fsp3) is 0.600. The highest BCUT2D eigenvalue weighted by atomic mass is 35.5. The van der Waals surface area contributed by atoms with Crippen LogP contribution in [0.1, 0.15) is 30.9 Å². The standard InChI is InChI=1S/C15H21F3N2.ClH/c1-11(19)13-3-2-8-20(10-13)9-12-4-6-14(7-5-12)15(16,17)18;/h4-7,11,13H,2-3,8-10,19H2,1H3;1H. The topological polar surface area (TPSA) is 29.3 Å². The maximum Gasteiger partial charge on any atom is 0.416 e. The van der Waals surface area contributed by atoms with Crippen LogP contribution in [0.5, 0.6) is 0 Å². The zero-order valence-corrected chi connectivity index (χ0v) is 12.9. The maximum absolute atomic E-state index is 12.5. The van der Waals surface area contributed by atoms with Crippen molar-refractivity contribution in [3.63, 3.8) is 0 Å². The molecule has 1 aromatic carbocycles.